The molecule has 3 nitrogen and oxygen atoms in total. The molecule has 0 radical (unpaired) electrons. The van der Waals surface area contributed by atoms with Gasteiger partial charge in [0.05, 0.1) is 20.3 Å². The zero-order valence-corrected chi connectivity index (χ0v) is 11.9. The molecule has 0 spiro atoms. The van der Waals surface area contributed by atoms with Crippen LogP contribution in [0.1, 0.15) is 22.0 Å². The van der Waals surface area contributed by atoms with E-state index in [9.17, 15) is 0 Å². The van der Waals surface area contributed by atoms with Crippen molar-refractivity contribution >= 4 is 11.3 Å². The van der Waals surface area contributed by atoms with Crippen LogP contribution in [0.4, 0.5) is 0 Å². The van der Waals surface area contributed by atoms with Gasteiger partial charge in [-0.1, -0.05) is 6.07 Å². The van der Waals surface area contributed by atoms with Gasteiger partial charge in [0.25, 0.3) is 0 Å². The summed E-state index contributed by atoms with van der Waals surface area (Å²) in [5.74, 6) is 1.78. The van der Waals surface area contributed by atoms with E-state index in [4.69, 9.17) is 9.47 Å². The lowest BCUT2D eigenvalue weighted by Gasteiger charge is -2.28. The molecule has 100 valence electrons. The molecule has 0 amide bonds. The second-order valence-corrected chi connectivity index (χ2v) is 5.53. The van der Waals surface area contributed by atoms with Gasteiger partial charge in [-0.25, -0.2) is 0 Å². The SMILES string of the molecule is COc1cc(OC)c2c(c1)C(c1cccs1)NCC2. The van der Waals surface area contributed by atoms with Crippen LogP contribution in [0, 0.1) is 0 Å². The standard InChI is InChI=1S/C15H17NO2S/c1-17-10-8-12-11(13(9-10)18-2)5-6-16-15(12)14-4-3-7-19-14/h3-4,7-9,15-16H,5-6H2,1-2H3. The maximum absolute atomic E-state index is 5.52. The summed E-state index contributed by atoms with van der Waals surface area (Å²) < 4.78 is 10.9. The van der Waals surface area contributed by atoms with Crippen molar-refractivity contribution in [2.45, 2.75) is 12.5 Å². The zero-order valence-electron chi connectivity index (χ0n) is 11.1. The Kier molecular flexibility index (Phi) is 3.44. The Morgan fingerprint density at radius 1 is 1.26 bits per heavy atom. The van der Waals surface area contributed by atoms with Crippen molar-refractivity contribution < 1.29 is 9.47 Å². The van der Waals surface area contributed by atoms with Crippen molar-refractivity contribution in [3.8, 4) is 11.5 Å². The molecule has 0 fully saturated rings. The smallest absolute Gasteiger partial charge is 0.126 e. The second kappa shape index (κ2) is 5.23. The highest BCUT2D eigenvalue weighted by atomic mass is 32.1. The van der Waals surface area contributed by atoms with E-state index < -0.39 is 0 Å². The van der Waals surface area contributed by atoms with Gasteiger partial charge in [0.1, 0.15) is 11.5 Å². The fraction of sp³-hybridized carbons (Fsp3) is 0.333. The van der Waals surface area contributed by atoms with Crippen molar-refractivity contribution in [1.29, 1.82) is 0 Å². The predicted molar refractivity (Wildman–Crippen MR) is 77.4 cm³/mol. The number of methoxy groups -OCH3 is 2. The molecular formula is C15H17NO2S. The van der Waals surface area contributed by atoms with Crippen LogP contribution in [0.3, 0.4) is 0 Å². The van der Waals surface area contributed by atoms with Crippen LogP contribution in [-0.2, 0) is 6.42 Å². The molecule has 0 saturated carbocycles. The number of ether oxygens (including phenoxy) is 2. The van der Waals surface area contributed by atoms with E-state index in [1.807, 2.05) is 6.07 Å². The molecule has 1 aromatic heterocycles. The van der Waals surface area contributed by atoms with Gasteiger partial charge in [-0.2, -0.15) is 0 Å². The molecule has 2 heterocycles. The highest BCUT2D eigenvalue weighted by Gasteiger charge is 2.25. The van der Waals surface area contributed by atoms with Crippen LogP contribution in [0.5, 0.6) is 11.5 Å². The van der Waals surface area contributed by atoms with Gasteiger partial charge in [0, 0.05) is 23.1 Å². The molecule has 1 aliphatic rings. The number of hydrogen-bond donors (Lipinski definition) is 1. The Morgan fingerprint density at radius 3 is 2.84 bits per heavy atom. The van der Waals surface area contributed by atoms with Crippen LogP contribution >= 0.6 is 11.3 Å². The van der Waals surface area contributed by atoms with Crippen molar-refractivity contribution in [3.63, 3.8) is 0 Å². The van der Waals surface area contributed by atoms with Crippen LogP contribution in [0.15, 0.2) is 29.6 Å². The minimum Gasteiger partial charge on any atom is -0.497 e. The third-order valence-electron chi connectivity index (χ3n) is 3.53. The number of thiophene rings is 1. The highest BCUT2D eigenvalue weighted by molar-refractivity contribution is 7.10. The molecule has 1 unspecified atom stereocenters. The molecule has 19 heavy (non-hydrogen) atoms. The number of rotatable bonds is 3. The molecule has 2 aromatic rings. The molecule has 1 N–H and O–H groups in total. The Morgan fingerprint density at radius 2 is 2.16 bits per heavy atom. The first kappa shape index (κ1) is 12.5. The quantitative estimate of drug-likeness (QED) is 0.934. The summed E-state index contributed by atoms with van der Waals surface area (Å²) in [5.41, 5.74) is 2.56. The fourth-order valence-electron chi connectivity index (χ4n) is 2.63. The van der Waals surface area contributed by atoms with Gasteiger partial charge in [0.2, 0.25) is 0 Å². The highest BCUT2D eigenvalue weighted by Crippen LogP contribution is 2.38. The Balaban J connectivity index is 2.12. The molecule has 3 rings (SSSR count). The summed E-state index contributed by atoms with van der Waals surface area (Å²) in [6.45, 7) is 0.970. The van der Waals surface area contributed by atoms with Crippen LogP contribution in [-0.4, -0.2) is 20.8 Å². The Labute approximate surface area is 117 Å². The average Bonchev–Trinajstić information content (AvgIpc) is 2.99. The Hall–Kier alpha value is -1.52. The third-order valence-corrected chi connectivity index (χ3v) is 4.47. The van der Waals surface area contributed by atoms with Gasteiger partial charge in [0.15, 0.2) is 0 Å². The van der Waals surface area contributed by atoms with Crippen molar-refractivity contribution in [1.82, 2.24) is 5.32 Å². The third kappa shape index (κ3) is 2.22. The maximum Gasteiger partial charge on any atom is 0.126 e. The average molecular weight is 275 g/mol. The van der Waals surface area contributed by atoms with E-state index in [0.717, 1.165) is 24.5 Å². The lowest BCUT2D eigenvalue weighted by atomic mass is 9.92. The summed E-state index contributed by atoms with van der Waals surface area (Å²) in [5, 5.41) is 5.69. The summed E-state index contributed by atoms with van der Waals surface area (Å²) in [6, 6.07) is 8.59. The molecule has 0 bridgehead atoms. The van der Waals surface area contributed by atoms with E-state index in [1.165, 1.54) is 16.0 Å². The van der Waals surface area contributed by atoms with E-state index in [1.54, 1.807) is 25.6 Å². The molecule has 4 heteroatoms. The molecule has 1 aliphatic heterocycles. The summed E-state index contributed by atoms with van der Waals surface area (Å²) in [4.78, 5) is 1.33. The summed E-state index contributed by atoms with van der Waals surface area (Å²) in [7, 11) is 3.41. The van der Waals surface area contributed by atoms with Crippen molar-refractivity contribution in [2.75, 3.05) is 20.8 Å². The Bertz CT molecular complexity index is 566. The predicted octanol–water partition coefficient (Wildman–Crippen LogP) is 3.00. The molecule has 1 aromatic carbocycles. The first-order valence-electron chi connectivity index (χ1n) is 6.35. The topological polar surface area (TPSA) is 30.5 Å². The van der Waals surface area contributed by atoms with Crippen molar-refractivity contribution in [2.24, 2.45) is 0 Å². The molecule has 0 aliphatic carbocycles. The maximum atomic E-state index is 5.52. The zero-order chi connectivity index (χ0) is 13.2. The van der Waals surface area contributed by atoms with Gasteiger partial charge in [-0.05, 0) is 29.5 Å². The minimum atomic E-state index is 0.243. The monoisotopic (exact) mass is 275 g/mol. The number of fused-ring (bicyclic) bond motifs is 1. The van der Waals surface area contributed by atoms with Gasteiger partial charge in [-0.3, -0.25) is 0 Å². The molecule has 1 atom stereocenters. The number of hydrogen-bond acceptors (Lipinski definition) is 4. The van der Waals surface area contributed by atoms with E-state index >= 15 is 0 Å². The van der Waals surface area contributed by atoms with Crippen LogP contribution < -0.4 is 14.8 Å². The van der Waals surface area contributed by atoms with Gasteiger partial charge >= 0.3 is 0 Å². The van der Waals surface area contributed by atoms with E-state index in [0.29, 0.717) is 0 Å². The number of nitrogens with one attached hydrogen (secondary N) is 1. The van der Waals surface area contributed by atoms with Gasteiger partial charge in [-0.15, -0.1) is 11.3 Å². The minimum absolute atomic E-state index is 0.243. The molecular weight excluding hydrogens is 258 g/mol. The lowest BCUT2D eigenvalue weighted by Crippen LogP contribution is -2.30. The van der Waals surface area contributed by atoms with Crippen LogP contribution in [0.25, 0.3) is 0 Å². The summed E-state index contributed by atoms with van der Waals surface area (Å²) >= 11 is 1.78. The first-order chi connectivity index (χ1) is 9.33. The van der Waals surface area contributed by atoms with Gasteiger partial charge < -0.3 is 14.8 Å². The second-order valence-electron chi connectivity index (χ2n) is 4.55. The lowest BCUT2D eigenvalue weighted by molar-refractivity contribution is 0.385. The summed E-state index contributed by atoms with van der Waals surface area (Å²) in [6.07, 6.45) is 0.990. The van der Waals surface area contributed by atoms with E-state index in [-0.39, 0.29) is 6.04 Å². The normalized spacial score (nSPS) is 17.9. The molecule has 0 saturated heterocycles. The van der Waals surface area contributed by atoms with Crippen LogP contribution in [0.2, 0.25) is 0 Å². The fourth-order valence-corrected chi connectivity index (χ4v) is 3.44. The van der Waals surface area contributed by atoms with E-state index in [2.05, 4.69) is 28.9 Å². The largest absolute Gasteiger partial charge is 0.497 e. The van der Waals surface area contributed by atoms with Crippen molar-refractivity contribution in [3.05, 3.63) is 45.6 Å². The first-order valence-corrected chi connectivity index (χ1v) is 7.23. The number of benzene rings is 1.